The summed E-state index contributed by atoms with van der Waals surface area (Å²) in [6.45, 7) is 5.39. The largest absolute Gasteiger partial charge is 0.444 e. The van der Waals surface area contributed by atoms with E-state index < -0.39 is 35.0 Å². The summed E-state index contributed by atoms with van der Waals surface area (Å²) in [5.41, 5.74) is 7.19. The van der Waals surface area contributed by atoms with Gasteiger partial charge in [0.05, 0.1) is 11.2 Å². The molecule has 0 bridgehead atoms. The summed E-state index contributed by atoms with van der Waals surface area (Å²) in [6.07, 6.45) is 8.45. The highest BCUT2D eigenvalue weighted by atomic mass is 19.1. The van der Waals surface area contributed by atoms with E-state index in [0.29, 0.717) is 18.8 Å². The number of aromatic nitrogens is 1. The monoisotopic (exact) mass is 494 g/mol. The van der Waals surface area contributed by atoms with Gasteiger partial charge in [-0.05, 0) is 93.7 Å². The van der Waals surface area contributed by atoms with Crippen LogP contribution in [0.3, 0.4) is 0 Å². The van der Waals surface area contributed by atoms with Crippen molar-refractivity contribution in [3.8, 4) is 0 Å². The van der Waals surface area contributed by atoms with Crippen LogP contribution in [0.2, 0.25) is 0 Å². The summed E-state index contributed by atoms with van der Waals surface area (Å²) in [6, 6.07) is 7.77. The number of carbonyl (C=O) groups excluding carboxylic acids is 2. The molecule has 5 rings (SSSR count). The Balaban J connectivity index is 1.38. The first-order chi connectivity index (χ1) is 17.0. The molecule has 4 atom stereocenters. The van der Waals surface area contributed by atoms with E-state index in [1.54, 1.807) is 45.3 Å². The van der Waals surface area contributed by atoms with Crippen LogP contribution in [0.1, 0.15) is 70.4 Å². The highest BCUT2D eigenvalue weighted by Gasteiger charge is 2.57. The van der Waals surface area contributed by atoms with Crippen molar-refractivity contribution in [3.05, 3.63) is 59.7 Å². The quantitative estimate of drug-likeness (QED) is 0.568. The number of amides is 2. The lowest BCUT2D eigenvalue weighted by Crippen LogP contribution is -2.47. The minimum Gasteiger partial charge on any atom is -0.444 e. The lowest BCUT2D eigenvalue weighted by atomic mass is 9.79. The maximum atomic E-state index is 14.9. The zero-order chi connectivity index (χ0) is 25.7. The molecule has 1 saturated heterocycles. The van der Waals surface area contributed by atoms with Gasteiger partial charge in [0.2, 0.25) is 5.91 Å². The minimum atomic E-state index is -0.837. The molecule has 0 spiro atoms. The fraction of sp³-hybridized carbons (Fsp3) is 0.536. The first-order valence-corrected chi connectivity index (χ1v) is 12.9. The number of hydrogen-bond donors (Lipinski definition) is 2. The number of likely N-dealkylation sites (tertiary alicyclic amines) is 1. The van der Waals surface area contributed by atoms with Gasteiger partial charge in [0, 0.05) is 18.4 Å². The lowest BCUT2D eigenvalue weighted by Gasteiger charge is -2.32. The molecule has 3 N–H and O–H groups in total. The molecule has 1 aromatic heterocycles. The maximum Gasteiger partial charge on any atom is 0.411 e. The van der Waals surface area contributed by atoms with Crippen LogP contribution < -0.4 is 11.1 Å². The summed E-state index contributed by atoms with van der Waals surface area (Å²) in [4.78, 5) is 31.8. The summed E-state index contributed by atoms with van der Waals surface area (Å²) >= 11 is 0. The number of nitrogens with zero attached hydrogens (tertiary/aromatic N) is 2. The van der Waals surface area contributed by atoms with Gasteiger partial charge in [-0.3, -0.25) is 14.7 Å². The number of benzene rings is 1. The Morgan fingerprint density at radius 1 is 1.14 bits per heavy atom. The Kier molecular flexibility index (Phi) is 6.27. The fourth-order valence-electron chi connectivity index (χ4n) is 5.33. The zero-order valence-electron chi connectivity index (χ0n) is 21.2. The number of anilines is 1. The standard InChI is InChI=1S/C28H35FN4O3/c1-27(2,3)36-26(35)33-23-14-18(23)15-24(33)25(34)32-22-16-20(6-7-21(22)29)28(30,11-8-17-4-5-17)19-9-12-31-13-10-19/h6-7,9-10,12-13,16-18,23-24H,4-5,8,11,14-15,30H2,1-3H3,(H,32,34)/t18-,23-,24-,28?/m1/s1. The minimum absolute atomic E-state index is 0.0117. The Bertz CT molecular complexity index is 1150. The molecule has 3 aliphatic rings. The highest BCUT2D eigenvalue weighted by molar-refractivity contribution is 5.97. The number of nitrogens with one attached hydrogen (secondary N) is 1. The smallest absolute Gasteiger partial charge is 0.411 e. The number of fused-ring (bicyclic) bond motifs is 1. The van der Waals surface area contributed by atoms with Gasteiger partial charge in [0.1, 0.15) is 17.5 Å². The van der Waals surface area contributed by atoms with Crippen LogP contribution in [0.4, 0.5) is 14.9 Å². The molecule has 2 aliphatic carbocycles. The number of halogens is 1. The second-order valence-corrected chi connectivity index (χ2v) is 11.6. The second kappa shape index (κ2) is 9.14. The molecule has 1 aromatic carbocycles. The Morgan fingerprint density at radius 2 is 1.86 bits per heavy atom. The van der Waals surface area contributed by atoms with Crippen LogP contribution in [0.15, 0.2) is 42.7 Å². The van der Waals surface area contributed by atoms with E-state index >= 15 is 0 Å². The summed E-state index contributed by atoms with van der Waals surface area (Å²) in [7, 11) is 0. The number of hydrogen-bond acceptors (Lipinski definition) is 5. The van der Waals surface area contributed by atoms with Gasteiger partial charge in [-0.2, -0.15) is 0 Å². The van der Waals surface area contributed by atoms with Gasteiger partial charge >= 0.3 is 6.09 Å². The normalized spacial score (nSPS) is 24.6. The Labute approximate surface area is 211 Å². The van der Waals surface area contributed by atoms with Gasteiger partial charge in [0.15, 0.2) is 0 Å². The molecule has 7 nitrogen and oxygen atoms in total. The maximum absolute atomic E-state index is 14.9. The topological polar surface area (TPSA) is 97.5 Å². The van der Waals surface area contributed by atoms with Crippen molar-refractivity contribution in [2.75, 3.05) is 5.32 Å². The van der Waals surface area contributed by atoms with Crippen molar-refractivity contribution >= 4 is 17.7 Å². The third-order valence-electron chi connectivity index (χ3n) is 7.59. The molecule has 1 unspecified atom stereocenters. The van der Waals surface area contributed by atoms with Crippen molar-refractivity contribution in [2.45, 2.75) is 82.5 Å². The summed E-state index contributed by atoms with van der Waals surface area (Å²) in [5.74, 6) is 0.0178. The van der Waals surface area contributed by atoms with Crippen LogP contribution >= 0.6 is 0 Å². The average molecular weight is 495 g/mol. The van der Waals surface area contributed by atoms with E-state index in [2.05, 4.69) is 10.3 Å². The molecule has 2 heterocycles. The number of pyridine rings is 1. The van der Waals surface area contributed by atoms with Crippen LogP contribution in [-0.4, -0.2) is 39.6 Å². The molecule has 192 valence electrons. The summed E-state index contributed by atoms with van der Waals surface area (Å²) < 4.78 is 20.5. The third kappa shape index (κ3) is 5.09. The molecule has 8 heteroatoms. The molecular weight excluding hydrogens is 459 g/mol. The molecule has 2 aromatic rings. The number of carbonyl (C=O) groups is 2. The molecule has 2 saturated carbocycles. The van der Waals surface area contributed by atoms with Crippen LogP contribution in [-0.2, 0) is 15.1 Å². The Hall–Kier alpha value is -3.00. The predicted molar refractivity (Wildman–Crippen MR) is 135 cm³/mol. The summed E-state index contributed by atoms with van der Waals surface area (Å²) in [5, 5.41) is 2.75. The molecule has 1 aliphatic heterocycles. The lowest BCUT2D eigenvalue weighted by molar-refractivity contribution is -0.121. The molecule has 3 fully saturated rings. The number of ether oxygens (including phenoxy) is 1. The van der Waals surface area contributed by atoms with E-state index in [1.807, 2.05) is 12.1 Å². The van der Waals surface area contributed by atoms with Crippen molar-refractivity contribution in [1.82, 2.24) is 9.88 Å². The number of nitrogens with two attached hydrogens (primary N) is 1. The molecule has 36 heavy (non-hydrogen) atoms. The van der Waals surface area contributed by atoms with Gasteiger partial charge in [-0.1, -0.05) is 18.9 Å². The van der Waals surface area contributed by atoms with E-state index in [9.17, 15) is 14.0 Å². The second-order valence-electron chi connectivity index (χ2n) is 11.6. The average Bonchev–Trinajstić information content (AvgIpc) is 3.76. The molecular formula is C28H35FN4O3. The van der Waals surface area contributed by atoms with Crippen molar-refractivity contribution in [1.29, 1.82) is 0 Å². The SMILES string of the molecule is CC(C)(C)OC(=O)N1[C@@H](C(=O)Nc2cc(C(N)(CCC3CC3)c3ccncc3)ccc2F)C[C@H]2C[C@H]21. The van der Waals surface area contributed by atoms with Crippen LogP contribution in [0.5, 0.6) is 0 Å². The first-order valence-electron chi connectivity index (χ1n) is 12.9. The van der Waals surface area contributed by atoms with E-state index in [-0.39, 0.29) is 17.6 Å². The van der Waals surface area contributed by atoms with E-state index in [4.69, 9.17) is 10.5 Å². The fourth-order valence-corrected chi connectivity index (χ4v) is 5.33. The van der Waals surface area contributed by atoms with E-state index in [0.717, 1.165) is 24.0 Å². The Morgan fingerprint density at radius 3 is 2.53 bits per heavy atom. The third-order valence-corrected chi connectivity index (χ3v) is 7.59. The highest BCUT2D eigenvalue weighted by Crippen LogP contribution is 2.48. The molecule has 2 amide bonds. The first kappa shape index (κ1) is 24.7. The van der Waals surface area contributed by atoms with Gasteiger partial charge in [-0.15, -0.1) is 0 Å². The predicted octanol–water partition coefficient (Wildman–Crippen LogP) is 4.95. The van der Waals surface area contributed by atoms with Gasteiger partial charge in [0.25, 0.3) is 0 Å². The zero-order valence-corrected chi connectivity index (χ0v) is 21.2. The van der Waals surface area contributed by atoms with Gasteiger partial charge < -0.3 is 15.8 Å². The van der Waals surface area contributed by atoms with Crippen LogP contribution in [0, 0.1) is 17.7 Å². The van der Waals surface area contributed by atoms with Crippen molar-refractivity contribution in [2.24, 2.45) is 17.6 Å². The van der Waals surface area contributed by atoms with Crippen molar-refractivity contribution < 1.29 is 18.7 Å². The van der Waals surface area contributed by atoms with Gasteiger partial charge in [-0.25, -0.2) is 9.18 Å². The molecule has 0 radical (unpaired) electrons. The van der Waals surface area contributed by atoms with Crippen LogP contribution in [0.25, 0.3) is 0 Å². The van der Waals surface area contributed by atoms with Crippen molar-refractivity contribution in [3.63, 3.8) is 0 Å². The van der Waals surface area contributed by atoms with E-state index in [1.165, 1.54) is 23.8 Å². The number of piperidine rings is 1. The number of rotatable bonds is 7.